The summed E-state index contributed by atoms with van der Waals surface area (Å²) in [5.74, 6) is -2.74. The molecule has 180 valence electrons. The van der Waals surface area contributed by atoms with Crippen LogP contribution in [-0.2, 0) is 16.1 Å². The van der Waals surface area contributed by atoms with E-state index < -0.39 is 11.9 Å². The fourth-order valence-electron chi connectivity index (χ4n) is 3.87. The molecule has 2 aliphatic heterocycles. The number of aliphatic carboxylic acids is 2. The summed E-state index contributed by atoms with van der Waals surface area (Å²) in [7, 11) is 0. The van der Waals surface area contributed by atoms with Crippen molar-refractivity contribution in [3.8, 4) is 0 Å². The lowest BCUT2D eigenvalue weighted by Gasteiger charge is -2.39. The van der Waals surface area contributed by atoms with Gasteiger partial charge < -0.3 is 25.7 Å². The first-order valence-corrected chi connectivity index (χ1v) is 10.8. The van der Waals surface area contributed by atoms with Crippen LogP contribution < -0.4 is 15.5 Å². The number of fused-ring (bicyclic) bond motifs is 1. The van der Waals surface area contributed by atoms with Gasteiger partial charge >= 0.3 is 18.0 Å². The number of carboxylic acid groups (broad SMARTS) is 2. The molecule has 9 nitrogen and oxygen atoms in total. The van der Waals surface area contributed by atoms with Gasteiger partial charge in [0.05, 0.1) is 11.4 Å². The molecule has 0 aromatic heterocycles. The van der Waals surface area contributed by atoms with Crippen LogP contribution in [0.15, 0.2) is 60.7 Å². The summed E-state index contributed by atoms with van der Waals surface area (Å²) in [6, 6.07) is 14.7. The second kappa shape index (κ2) is 11.3. The Morgan fingerprint density at radius 2 is 1.56 bits per heavy atom. The molecule has 2 amide bonds. The number of rotatable bonds is 4. The SMILES string of the molecule is NC1CCN(C(=O)N2CCN(Cc3ccc(F)cc3)c3ccccc32)C1.O=C(O)/C=C/C(=O)O. The number of nitrogens with zero attached hydrogens (tertiary/aromatic N) is 3. The molecule has 0 radical (unpaired) electrons. The number of halogens is 1. The van der Waals surface area contributed by atoms with Crippen molar-refractivity contribution in [3.63, 3.8) is 0 Å². The molecule has 0 bridgehead atoms. The second-order valence-corrected chi connectivity index (χ2v) is 7.98. The van der Waals surface area contributed by atoms with E-state index in [-0.39, 0.29) is 17.9 Å². The van der Waals surface area contributed by atoms with Crippen LogP contribution in [0.5, 0.6) is 0 Å². The fraction of sp³-hybridized carbons (Fsp3) is 0.292. The van der Waals surface area contributed by atoms with Gasteiger partial charge in [0.2, 0.25) is 0 Å². The highest BCUT2D eigenvalue weighted by atomic mass is 19.1. The van der Waals surface area contributed by atoms with Gasteiger partial charge in [0.15, 0.2) is 0 Å². The van der Waals surface area contributed by atoms with Crippen LogP contribution in [0, 0.1) is 5.82 Å². The van der Waals surface area contributed by atoms with E-state index in [9.17, 15) is 18.8 Å². The van der Waals surface area contributed by atoms with Crippen molar-refractivity contribution in [2.24, 2.45) is 5.73 Å². The molecule has 4 N–H and O–H groups in total. The standard InChI is InChI=1S/C20H23FN4O.C4H4O4/c21-16-7-5-15(6-8-16)13-23-11-12-25(19-4-2-1-3-18(19)23)20(26)24-10-9-17(22)14-24;5-3(6)1-2-4(7)8/h1-8,17H,9-14,22H2;1-2H,(H,5,6)(H,7,8)/b;2-1+. The van der Waals surface area contributed by atoms with Crippen molar-refractivity contribution in [3.05, 3.63) is 72.1 Å². The number of benzene rings is 2. The Balaban J connectivity index is 0.000000350. The van der Waals surface area contributed by atoms with Gasteiger partial charge in [0, 0.05) is 50.9 Å². The highest BCUT2D eigenvalue weighted by Crippen LogP contribution is 2.34. The Hall–Kier alpha value is -3.92. The van der Waals surface area contributed by atoms with E-state index in [1.165, 1.54) is 12.1 Å². The Morgan fingerprint density at radius 3 is 2.12 bits per heavy atom. The molecule has 34 heavy (non-hydrogen) atoms. The highest BCUT2D eigenvalue weighted by molar-refractivity contribution is 5.97. The van der Waals surface area contributed by atoms with Crippen molar-refractivity contribution in [2.75, 3.05) is 36.0 Å². The van der Waals surface area contributed by atoms with E-state index in [2.05, 4.69) is 4.90 Å². The third-order valence-electron chi connectivity index (χ3n) is 5.49. The maximum Gasteiger partial charge on any atom is 0.328 e. The van der Waals surface area contributed by atoms with Crippen LogP contribution in [-0.4, -0.2) is 65.3 Å². The first kappa shape index (κ1) is 24.7. The monoisotopic (exact) mass is 470 g/mol. The summed E-state index contributed by atoms with van der Waals surface area (Å²) in [4.78, 5) is 38.0. The molecule has 0 saturated carbocycles. The molecule has 4 rings (SSSR count). The largest absolute Gasteiger partial charge is 0.478 e. The Bertz CT molecular complexity index is 1040. The van der Waals surface area contributed by atoms with Crippen molar-refractivity contribution in [1.82, 2.24) is 4.90 Å². The van der Waals surface area contributed by atoms with Gasteiger partial charge in [-0.25, -0.2) is 18.8 Å². The van der Waals surface area contributed by atoms with Crippen LogP contribution in [0.3, 0.4) is 0 Å². The van der Waals surface area contributed by atoms with E-state index in [1.807, 2.05) is 34.1 Å². The normalized spacial score (nSPS) is 17.2. The molecule has 10 heteroatoms. The van der Waals surface area contributed by atoms with Crippen LogP contribution in [0.1, 0.15) is 12.0 Å². The maximum atomic E-state index is 13.1. The minimum absolute atomic E-state index is 0.0341. The molecular weight excluding hydrogens is 443 g/mol. The number of hydrogen-bond acceptors (Lipinski definition) is 5. The maximum absolute atomic E-state index is 13.1. The second-order valence-electron chi connectivity index (χ2n) is 7.98. The summed E-state index contributed by atoms with van der Waals surface area (Å²) in [5, 5.41) is 15.6. The third kappa shape index (κ3) is 6.55. The van der Waals surface area contributed by atoms with Gasteiger partial charge in [-0.1, -0.05) is 24.3 Å². The molecule has 2 aromatic carbocycles. The fourth-order valence-corrected chi connectivity index (χ4v) is 3.87. The number of urea groups is 1. The molecule has 2 aromatic rings. The van der Waals surface area contributed by atoms with Crippen molar-refractivity contribution < 1.29 is 29.0 Å². The number of para-hydroxylation sites is 2. The van der Waals surface area contributed by atoms with Gasteiger partial charge in [0.1, 0.15) is 5.82 Å². The zero-order valence-corrected chi connectivity index (χ0v) is 18.5. The lowest BCUT2D eigenvalue weighted by atomic mass is 10.1. The number of carboxylic acids is 2. The molecule has 1 fully saturated rings. The van der Waals surface area contributed by atoms with E-state index in [1.54, 1.807) is 12.1 Å². The first-order valence-electron chi connectivity index (χ1n) is 10.8. The van der Waals surface area contributed by atoms with Gasteiger partial charge in [-0.3, -0.25) is 4.90 Å². The third-order valence-corrected chi connectivity index (χ3v) is 5.49. The predicted octanol–water partition coefficient (Wildman–Crippen LogP) is 2.52. The minimum atomic E-state index is -1.26. The van der Waals surface area contributed by atoms with E-state index in [0.717, 1.165) is 36.4 Å². The van der Waals surface area contributed by atoms with Gasteiger partial charge in [0.25, 0.3) is 0 Å². The molecule has 0 spiro atoms. The number of amides is 2. The van der Waals surface area contributed by atoms with E-state index in [0.29, 0.717) is 31.8 Å². The number of hydrogen-bond donors (Lipinski definition) is 3. The Kier molecular flexibility index (Phi) is 8.20. The summed E-state index contributed by atoms with van der Waals surface area (Å²) >= 11 is 0. The number of likely N-dealkylation sites (tertiary alicyclic amines) is 1. The minimum Gasteiger partial charge on any atom is -0.478 e. The molecule has 0 aliphatic carbocycles. The quantitative estimate of drug-likeness (QED) is 0.586. The van der Waals surface area contributed by atoms with Crippen LogP contribution in [0.4, 0.5) is 20.6 Å². The number of carbonyl (C=O) groups excluding carboxylic acids is 1. The first-order chi connectivity index (χ1) is 16.2. The van der Waals surface area contributed by atoms with Gasteiger partial charge in [-0.05, 0) is 36.2 Å². The van der Waals surface area contributed by atoms with Gasteiger partial charge in [-0.15, -0.1) is 0 Å². The lowest BCUT2D eigenvalue weighted by molar-refractivity contribution is -0.134. The molecule has 1 saturated heterocycles. The van der Waals surface area contributed by atoms with Crippen LogP contribution in [0.2, 0.25) is 0 Å². The van der Waals surface area contributed by atoms with Crippen LogP contribution >= 0.6 is 0 Å². The zero-order valence-electron chi connectivity index (χ0n) is 18.5. The van der Waals surface area contributed by atoms with Crippen molar-refractivity contribution >= 4 is 29.3 Å². The summed E-state index contributed by atoms with van der Waals surface area (Å²) in [5.41, 5.74) is 8.96. The number of anilines is 2. The average molecular weight is 471 g/mol. The highest BCUT2D eigenvalue weighted by Gasteiger charge is 2.32. The smallest absolute Gasteiger partial charge is 0.328 e. The Labute approximate surface area is 196 Å². The summed E-state index contributed by atoms with van der Waals surface area (Å²) in [6.45, 7) is 3.39. The topological polar surface area (TPSA) is 127 Å². The molecule has 2 heterocycles. The van der Waals surface area contributed by atoms with Crippen molar-refractivity contribution in [1.29, 1.82) is 0 Å². The van der Waals surface area contributed by atoms with Crippen LogP contribution in [0.25, 0.3) is 0 Å². The summed E-state index contributed by atoms with van der Waals surface area (Å²) < 4.78 is 13.1. The number of carbonyl (C=O) groups is 3. The molecule has 1 unspecified atom stereocenters. The summed E-state index contributed by atoms with van der Waals surface area (Å²) in [6.07, 6.45) is 1.97. The Morgan fingerprint density at radius 1 is 0.941 bits per heavy atom. The van der Waals surface area contributed by atoms with E-state index in [4.69, 9.17) is 15.9 Å². The average Bonchev–Trinajstić information content (AvgIpc) is 3.26. The molecule has 2 aliphatic rings. The van der Waals surface area contributed by atoms with E-state index >= 15 is 0 Å². The van der Waals surface area contributed by atoms with Crippen molar-refractivity contribution in [2.45, 2.75) is 19.0 Å². The molecular formula is C24H27FN4O5. The molecule has 1 atom stereocenters. The lowest BCUT2D eigenvalue weighted by Crippen LogP contribution is -2.49. The van der Waals surface area contributed by atoms with Gasteiger partial charge in [-0.2, -0.15) is 0 Å². The zero-order chi connectivity index (χ0) is 24.7. The number of nitrogens with two attached hydrogens (primary N) is 1. The predicted molar refractivity (Wildman–Crippen MR) is 125 cm³/mol.